The SMILES string of the molecule is Cc1sc(-c2sc(C)c(C)c2I)c(I)c1C. The average Bonchev–Trinajstić information content (AvgIpc) is 2.64. The Bertz CT molecular complexity index is 500. The monoisotopic (exact) mass is 474 g/mol. The van der Waals surface area contributed by atoms with Gasteiger partial charge in [-0.25, -0.2) is 0 Å². The molecule has 0 radical (unpaired) electrons. The molecule has 0 aromatic carbocycles. The van der Waals surface area contributed by atoms with Gasteiger partial charge in [0.15, 0.2) is 0 Å². The van der Waals surface area contributed by atoms with Crippen LogP contribution in [0.4, 0.5) is 0 Å². The van der Waals surface area contributed by atoms with Gasteiger partial charge < -0.3 is 0 Å². The quantitative estimate of drug-likeness (QED) is 0.451. The maximum atomic E-state index is 2.48. The van der Waals surface area contributed by atoms with Crippen molar-refractivity contribution in [2.24, 2.45) is 0 Å². The molecule has 0 bridgehead atoms. The fourth-order valence-electron chi connectivity index (χ4n) is 1.49. The fourth-order valence-corrected chi connectivity index (χ4v) is 6.48. The maximum absolute atomic E-state index is 2.48. The minimum Gasteiger partial charge on any atom is -0.138 e. The molecule has 2 rings (SSSR count). The van der Waals surface area contributed by atoms with Crippen molar-refractivity contribution >= 4 is 67.9 Å². The van der Waals surface area contributed by atoms with Crippen LogP contribution in [0.15, 0.2) is 0 Å². The van der Waals surface area contributed by atoms with Crippen LogP contribution in [0.3, 0.4) is 0 Å². The normalized spacial score (nSPS) is 11.1. The zero-order valence-electron chi connectivity index (χ0n) is 9.57. The van der Waals surface area contributed by atoms with E-state index in [1.165, 1.54) is 37.8 Å². The van der Waals surface area contributed by atoms with E-state index in [1.807, 2.05) is 22.7 Å². The van der Waals surface area contributed by atoms with Gasteiger partial charge in [0.2, 0.25) is 0 Å². The van der Waals surface area contributed by atoms with Crippen molar-refractivity contribution in [3.8, 4) is 9.75 Å². The Morgan fingerprint density at radius 1 is 0.688 bits per heavy atom. The van der Waals surface area contributed by atoms with E-state index in [1.54, 1.807) is 0 Å². The Hall–Kier alpha value is 0.860. The van der Waals surface area contributed by atoms with Crippen LogP contribution in [0.5, 0.6) is 0 Å². The molecule has 0 aliphatic heterocycles. The van der Waals surface area contributed by atoms with E-state index in [0.717, 1.165) is 0 Å². The molecule has 0 aliphatic rings. The van der Waals surface area contributed by atoms with E-state index < -0.39 is 0 Å². The minimum atomic E-state index is 1.43. The number of hydrogen-bond acceptors (Lipinski definition) is 2. The number of thiophene rings is 2. The molecular formula is C12H12I2S2. The Labute approximate surface area is 132 Å². The number of rotatable bonds is 1. The van der Waals surface area contributed by atoms with Gasteiger partial charge in [-0.1, -0.05) is 0 Å². The molecule has 0 spiro atoms. The second-order valence-electron chi connectivity index (χ2n) is 3.85. The van der Waals surface area contributed by atoms with Gasteiger partial charge in [-0.15, -0.1) is 22.7 Å². The van der Waals surface area contributed by atoms with Gasteiger partial charge in [-0.2, -0.15) is 0 Å². The molecule has 0 unspecified atom stereocenters. The molecule has 16 heavy (non-hydrogen) atoms. The molecule has 0 amide bonds. The van der Waals surface area contributed by atoms with E-state index >= 15 is 0 Å². The molecule has 0 atom stereocenters. The number of hydrogen-bond donors (Lipinski definition) is 0. The molecule has 0 saturated heterocycles. The fraction of sp³-hybridized carbons (Fsp3) is 0.333. The highest BCUT2D eigenvalue weighted by atomic mass is 127. The Morgan fingerprint density at radius 2 is 1.00 bits per heavy atom. The molecule has 86 valence electrons. The summed E-state index contributed by atoms with van der Waals surface area (Å²) in [5, 5.41) is 0. The lowest BCUT2D eigenvalue weighted by Gasteiger charge is -1.96. The highest BCUT2D eigenvalue weighted by Gasteiger charge is 2.18. The zero-order valence-corrected chi connectivity index (χ0v) is 15.5. The van der Waals surface area contributed by atoms with Crippen LogP contribution in [-0.2, 0) is 0 Å². The molecule has 0 aliphatic carbocycles. The average molecular weight is 474 g/mol. The molecule has 0 fully saturated rings. The van der Waals surface area contributed by atoms with Crippen LogP contribution in [0.25, 0.3) is 9.75 Å². The van der Waals surface area contributed by atoms with Crippen molar-refractivity contribution in [1.29, 1.82) is 0 Å². The van der Waals surface area contributed by atoms with E-state index in [-0.39, 0.29) is 0 Å². The summed E-state index contributed by atoms with van der Waals surface area (Å²) >= 11 is 8.82. The van der Waals surface area contributed by atoms with Crippen LogP contribution in [-0.4, -0.2) is 0 Å². The third kappa shape index (κ3) is 2.10. The third-order valence-corrected chi connectivity index (χ3v) is 8.84. The third-order valence-electron chi connectivity index (χ3n) is 2.83. The van der Waals surface area contributed by atoms with Crippen LogP contribution in [0, 0.1) is 34.8 Å². The summed E-state index contributed by atoms with van der Waals surface area (Å²) in [6.45, 7) is 8.87. The van der Waals surface area contributed by atoms with Crippen molar-refractivity contribution in [3.63, 3.8) is 0 Å². The van der Waals surface area contributed by atoms with Crippen LogP contribution < -0.4 is 0 Å². The van der Waals surface area contributed by atoms with Crippen molar-refractivity contribution < 1.29 is 0 Å². The summed E-state index contributed by atoms with van der Waals surface area (Å²) in [7, 11) is 0. The van der Waals surface area contributed by atoms with Gasteiger partial charge in [0.25, 0.3) is 0 Å². The first-order chi connectivity index (χ1) is 7.43. The molecular weight excluding hydrogens is 462 g/mol. The topological polar surface area (TPSA) is 0 Å². The van der Waals surface area contributed by atoms with Crippen molar-refractivity contribution in [2.45, 2.75) is 27.7 Å². The molecule has 2 heterocycles. The standard InChI is InChI=1S/C12H12I2S2/c1-5-7(3)15-11(9(5)13)12-10(14)6(2)8(4)16-12/h1-4H3. The number of aryl methyl sites for hydroxylation is 2. The van der Waals surface area contributed by atoms with E-state index in [0.29, 0.717) is 0 Å². The summed E-state index contributed by atoms with van der Waals surface area (Å²) < 4.78 is 2.86. The molecule has 4 heteroatoms. The lowest BCUT2D eigenvalue weighted by molar-refractivity contribution is 1.41. The van der Waals surface area contributed by atoms with Gasteiger partial charge in [0.05, 0.1) is 9.75 Å². The van der Waals surface area contributed by atoms with E-state index in [4.69, 9.17) is 0 Å². The van der Waals surface area contributed by atoms with E-state index in [9.17, 15) is 0 Å². The van der Waals surface area contributed by atoms with Crippen molar-refractivity contribution in [3.05, 3.63) is 28.0 Å². The molecule has 2 aromatic rings. The Morgan fingerprint density at radius 3 is 1.19 bits per heavy atom. The molecule has 2 aromatic heterocycles. The summed E-state index contributed by atoms with van der Waals surface area (Å²) in [6, 6.07) is 0. The molecule has 0 saturated carbocycles. The number of halogens is 2. The first-order valence-corrected chi connectivity index (χ1v) is 8.73. The lowest BCUT2D eigenvalue weighted by atomic mass is 10.2. The van der Waals surface area contributed by atoms with Gasteiger partial charge >= 0.3 is 0 Å². The first-order valence-electron chi connectivity index (χ1n) is 4.94. The maximum Gasteiger partial charge on any atom is 0.0592 e. The second kappa shape index (κ2) is 4.85. The van der Waals surface area contributed by atoms with Crippen LogP contribution in [0.2, 0.25) is 0 Å². The van der Waals surface area contributed by atoms with Crippen molar-refractivity contribution in [1.82, 2.24) is 0 Å². The highest BCUT2D eigenvalue weighted by molar-refractivity contribution is 14.1. The Balaban J connectivity index is 2.68. The predicted octanol–water partition coefficient (Wildman–Crippen LogP) is 5.92. The minimum absolute atomic E-state index is 1.43. The second-order valence-corrected chi connectivity index (χ2v) is 8.46. The lowest BCUT2D eigenvalue weighted by Crippen LogP contribution is -1.78. The van der Waals surface area contributed by atoms with Gasteiger partial charge in [-0.05, 0) is 84.0 Å². The van der Waals surface area contributed by atoms with Crippen LogP contribution in [0.1, 0.15) is 20.9 Å². The van der Waals surface area contributed by atoms with Gasteiger partial charge in [0.1, 0.15) is 0 Å². The first kappa shape index (κ1) is 13.3. The Kier molecular flexibility index (Phi) is 4.03. The van der Waals surface area contributed by atoms with E-state index in [2.05, 4.69) is 72.9 Å². The molecule has 0 nitrogen and oxygen atoms in total. The summed E-state index contributed by atoms with van der Waals surface area (Å²) in [5.74, 6) is 0. The van der Waals surface area contributed by atoms with Gasteiger partial charge in [-0.3, -0.25) is 0 Å². The summed E-state index contributed by atoms with van der Waals surface area (Å²) in [4.78, 5) is 5.81. The molecule has 0 N–H and O–H groups in total. The van der Waals surface area contributed by atoms with Crippen molar-refractivity contribution in [2.75, 3.05) is 0 Å². The smallest absolute Gasteiger partial charge is 0.0592 e. The van der Waals surface area contributed by atoms with Crippen LogP contribution >= 0.6 is 67.9 Å². The predicted molar refractivity (Wildman–Crippen MR) is 92.0 cm³/mol. The largest absolute Gasteiger partial charge is 0.138 e. The zero-order chi connectivity index (χ0) is 12.0. The summed E-state index contributed by atoms with van der Waals surface area (Å²) in [5.41, 5.74) is 2.89. The summed E-state index contributed by atoms with van der Waals surface area (Å²) in [6.07, 6.45) is 0. The van der Waals surface area contributed by atoms with Gasteiger partial charge in [0, 0.05) is 16.9 Å². The highest BCUT2D eigenvalue weighted by Crippen LogP contribution is 2.44.